The van der Waals surface area contributed by atoms with E-state index in [1.54, 1.807) is 6.07 Å². The third-order valence-electron chi connectivity index (χ3n) is 1.29. The van der Waals surface area contributed by atoms with E-state index in [1.165, 1.54) is 12.1 Å². The highest BCUT2D eigenvalue weighted by Gasteiger charge is 2.12. The van der Waals surface area contributed by atoms with E-state index >= 15 is 0 Å². The number of halogens is 3. The molecule has 0 fully saturated rings. The summed E-state index contributed by atoms with van der Waals surface area (Å²) in [5.74, 6) is -2.37. The Hall–Kier alpha value is -1.15. The van der Waals surface area contributed by atoms with Crippen LogP contribution in [0.2, 0.25) is 0 Å². The van der Waals surface area contributed by atoms with E-state index in [-0.39, 0.29) is 16.8 Å². The molecule has 0 aromatic heterocycles. The first-order chi connectivity index (χ1) is 6.16. The fraction of sp³-hybridized carbons (Fsp3) is 0.125. The molecule has 0 N–H and O–H groups in total. The molecule has 0 saturated carbocycles. The van der Waals surface area contributed by atoms with Gasteiger partial charge < -0.3 is 4.74 Å². The van der Waals surface area contributed by atoms with Crippen molar-refractivity contribution in [2.75, 3.05) is 6.61 Å². The number of rotatable bonds is 2. The predicted octanol–water partition coefficient (Wildman–Crippen LogP) is 2.63. The maximum atomic E-state index is 12.9. The van der Waals surface area contributed by atoms with Crippen LogP contribution >= 0.6 is 15.9 Å². The lowest BCUT2D eigenvalue weighted by Crippen LogP contribution is -1.98. The van der Waals surface area contributed by atoms with Crippen molar-refractivity contribution < 1.29 is 13.5 Å². The van der Waals surface area contributed by atoms with E-state index in [4.69, 9.17) is 5.26 Å². The van der Waals surface area contributed by atoms with Gasteiger partial charge in [0.15, 0.2) is 18.2 Å². The van der Waals surface area contributed by atoms with E-state index in [0.29, 0.717) is 0 Å². The molecule has 1 aromatic carbocycles. The van der Waals surface area contributed by atoms with Gasteiger partial charge in [-0.1, -0.05) is 0 Å². The normalized spacial score (nSPS) is 9.38. The first-order valence-corrected chi connectivity index (χ1v) is 4.09. The molecular weight excluding hydrogens is 244 g/mol. The molecule has 68 valence electrons. The van der Waals surface area contributed by atoms with E-state index in [9.17, 15) is 8.78 Å². The average Bonchev–Trinajstić information content (AvgIpc) is 2.13. The molecule has 0 saturated heterocycles. The maximum Gasteiger partial charge on any atom is 0.201 e. The second-order valence-electron chi connectivity index (χ2n) is 2.12. The number of hydrogen-bond donors (Lipinski definition) is 0. The molecule has 0 amide bonds. The van der Waals surface area contributed by atoms with Gasteiger partial charge >= 0.3 is 0 Å². The Balaban J connectivity index is 2.98. The zero-order chi connectivity index (χ0) is 9.84. The Labute approximate surface area is 81.9 Å². The maximum absolute atomic E-state index is 12.9. The molecule has 0 atom stereocenters. The smallest absolute Gasteiger partial charge is 0.201 e. The Bertz CT molecular complexity index is 362. The Morgan fingerprint density at radius 1 is 1.38 bits per heavy atom. The molecule has 0 aliphatic rings. The fourth-order valence-electron chi connectivity index (χ4n) is 0.730. The van der Waals surface area contributed by atoms with Crippen LogP contribution in [-0.4, -0.2) is 6.61 Å². The molecule has 5 heteroatoms. The van der Waals surface area contributed by atoms with Crippen LogP contribution in [0.1, 0.15) is 0 Å². The van der Waals surface area contributed by atoms with Crippen molar-refractivity contribution in [3.63, 3.8) is 0 Å². The largest absolute Gasteiger partial charge is 0.476 e. The summed E-state index contributed by atoms with van der Waals surface area (Å²) in [6, 6.07) is 4.21. The van der Waals surface area contributed by atoms with Gasteiger partial charge in [0.1, 0.15) is 6.07 Å². The Morgan fingerprint density at radius 3 is 2.69 bits per heavy atom. The quantitative estimate of drug-likeness (QED) is 0.753. The van der Waals surface area contributed by atoms with Crippen LogP contribution in [0.25, 0.3) is 0 Å². The molecule has 0 bridgehead atoms. The molecule has 2 nitrogen and oxygen atoms in total. The van der Waals surface area contributed by atoms with Crippen LogP contribution in [0.5, 0.6) is 5.75 Å². The number of nitrogens with zero attached hydrogens (tertiary/aromatic N) is 1. The van der Waals surface area contributed by atoms with Crippen molar-refractivity contribution in [1.29, 1.82) is 5.26 Å². The third kappa shape index (κ3) is 2.16. The summed E-state index contributed by atoms with van der Waals surface area (Å²) in [7, 11) is 0. The van der Waals surface area contributed by atoms with Gasteiger partial charge in [-0.15, -0.1) is 0 Å². The highest BCUT2D eigenvalue weighted by atomic mass is 79.9. The number of ether oxygens (including phenoxy) is 1. The van der Waals surface area contributed by atoms with Crippen molar-refractivity contribution in [2.45, 2.75) is 0 Å². The van der Waals surface area contributed by atoms with Crippen molar-refractivity contribution in [3.8, 4) is 11.8 Å². The molecule has 0 aliphatic carbocycles. The van der Waals surface area contributed by atoms with E-state index in [0.717, 1.165) is 0 Å². The van der Waals surface area contributed by atoms with Gasteiger partial charge in [0.2, 0.25) is 5.82 Å². The molecule has 0 radical (unpaired) electrons. The molecule has 0 spiro atoms. The van der Waals surface area contributed by atoms with Gasteiger partial charge in [-0.25, -0.2) is 4.39 Å². The lowest BCUT2D eigenvalue weighted by Gasteiger charge is -2.04. The monoisotopic (exact) mass is 247 g/mol. The lowest BCUT2D eigenvalue weighted by molar-refractivity contribution is 0.336. The number of benzene rings is 1. The van der Waals surface area contributed by atoms with Gasteiger partial charge in [-0.05, 0) is 28.1 Å². The second kappa shape index (κ2) is 4.19. The first-order valence-electron chi connectivity index (χ1n) is 3.30. The zero-order valence-electron chi connectivity index (χ0n) is 6.35. The second-order valence-corrected chi connectivity index (χ2v) is 2.97. The summed E-state index contributed by atoms with van der Waals surface area (Å²) in [6.07, 6.45) is 0. The summed E-state index contributed by atoms with van der Waals surface area (Å²) < 4.78 is 30.4. The van der Waals surface area contributed by atoms with Gasteiger partial charge in [0.05, 0.1) is 4.47 Å². The lowest BCUT2D eigenvalue weighted by atomic mass is 10.3. The fourth-order valence-corrected chi connectivity index (χ4v) is 1.04. The van der Waals surface area contributed by atoms with Crippen LogP contribution in [0.4, 0.5) is 8.78 Å². The summed E-state index contributed by atoms with van der Waals surface area (Å²) in [5.41, 5.74) is 0. The summed E-state index contributed by atoms with van der Waals surface area (Å²) >= 11 is 2.81. The first kappa shape index (κ1) is 9.93. The minimum atomic E-state index is -1.09. The molecule has 0 unspecified atom stereocenters. The van der Waals surface area contributed by atoms with Crippen molar-refractivity contribution in [1.82, 2.24) is 0 Å². The average molecular weight is 248 g/mol. The van der Waals surface area contributed by atoms with Crippen LogP contribution in [0, 0.1) is 23.0 Å². The Morgan fingerprint density at radius 2 is 2.08 bits per heavy atom. The summed E-state index contributed by atoms with van der Waals surface area (Å²) in [4.78, 5) is 0. The molecule has 0 aliphatic heterocycles. The topological polar surface area (TPSA) is 33.0 Å². The van der Waals surface area contributed by atoms with Crippen molar-refractivity contribution in [3.05, 3.63) is 28.2 Å². The van der Waals surface area contributed by atoms with Gasteiger partial charge in [0.25, 0.3) is 0 Å². The van der Waals surface area contributed by atoms with E-state index < -0.39 is 11.6 Å². The highest BCUT2D eigenvalue weighted by molar-refractivity contribution is 9.10. The standard InChI is InChI=1S/C8H4BrF2NO/c9-5-1-2-6(13-4-3-12)8(11)7(5)10/h1-2H,4H2. The van der Waals surface area contributed by atoms with E-state index in [2.05, 4.69) is 20.7 Å². The van der Waals surface area contributed by atoms with Crippen LogP contribution in [0.3, 0.4) is 0 Å². The van der Waals surface area contributed by atoms with Crippen LogP contribution < -0.4 is 4.74 Å². The van der Waals surface area contributed by atoms with Crippen LogP contribution in [-0.2, 0) is 0 Å². The minimum Gasteiger partial charge on any atom is -0.476 e. The van der Waals surface area contributed by atoms with E-state index in [1.807, 2.05) is 0 Å². The molecule has 13 heavy (non-hydrogen) atoms. The molecule has 1 aromatic rings. The van der Waals surface area contributed by atoms with Crippen LogP contribution in [0.15, 0.2) is 16.6 Å². The zero-order valence-corrected chi connectivity index (χ0v) is 7.94. The third-order valence-corrected chi connectivity index (χ3v) is 1.90. The van der Waals surface area contributed by atoms with Crippen molar-refractivity contribution >= 4 is 15.9 Å². The number of nitriles is 1. The highest BCUT2D eigenvalue weighted by Crippen LogP contribution is 2.25. The summed E-state index contributed by atoms with van der Waals surface area (Å²) in [5, 5.41) is 8.14. The Kier molecular flexibility index (Phi) is 3.20. The van der Waals surface area contributed by atoms with Gasteiger partial charge in [-0.3, -0.25) is 0 Å². The van der Waals surface area contributed by atoms with Gasteiger partial charge in [0, 0.05) is 0 Å². The molecule has 0 heterocycles. The molecule has 1 rings (SSSR count). The summed E-state index contributed by atoms with van der Waals surface area (Å²) in [6.45, 7) is -0.308. The molecular formula is C8H4BrF2NO. The van der Waals surface area contributed by atoms with Crippen molar-refractivity contribution in [2.24, 2.45) is 0 Å². The van der Waals surface area contributed by atoms with Gasteiger partial charge in [-0.2, -0.15) is 9.65 Å². The predicted molar refractivity (Wildman–Crippen MR) is 45.2 cm³/mol. The number of hydrogen-bond acceptors (Lipinski definition) is 2. The SMILES string of the molecule is N#CCOc1ccc(Br)c(F)c1F. The minimum absolute atomic E-state index is 0.0225.